The van der Waals surface area contributed by atoms with Gasteiger partial charge in [0.15, 0.2) is 0 Å². The maximum Gasteiger partial charge on any atom is 0.375 e. The van der Waals surface area contributed by atoms with Gasteiger partial charge in [-0.2, -0.15) is 0 Å². The maximum absolute atomic E-state index is 13.4. The van der Waals surface area contributed by atoms with Gasteiger partial charge in [0, 0.05) is 10.5 Å². The zero-order valence-electron chi connectivity index (χ0n) is 17.9. The number of aryl methyl sites for hydroxylation is 1. The van der Waals surface area contributed by atoms with Crippen molar-refractivity contribution in [1.82, 2.24) is 0 Å². The summed E-state index contributed by atoms with van der Waals surface area (Å²) in [6.45, 7) is 3.60. The summed E-state index contributed by atoms with van der Waals surface area (Å²) in [4.78, 5) is 38.6. The van der Waals surface area contributed by atoms with Crippen molar-refractivity contribution in [2.24, 2.45) is 0 Å². The van der Waals surface area contributed by atoms with E-state index in [9.17, 15) is 14.4 Å². The topological polar surface area (TPSA) is 82.8 Å². The molecule has 33 heavy (non-hydrogen) atoms. The van der Waals surface area contributed by atoms with E-state index in [4.69, 9.17) is 13.9 Å². The molecule has 7 heteroatoms. The third-order valence-corrected chi connectivity index (χ3v) is 5.56. The Morgan fingerprint density at radius 2 is 1.70 bits per heavy atom. The van der Waals surface area contributed by atoms with Gasteiger partial charge < -0.3 is 13.9 Å². The number of carbonyl (C=O) groups excluding carboxylic acids is 2. The van der Waals surface area contributed by atoms with Crippen LogP contribution in [0, 0.1) is 6.92 Å². The molecule has 166 valence electrons. The molecule has 0 radical (unpaired) electrons. The molecule has 0 N–H and O–H groups in total. The highest BCUT2D eigenvalue weighted by atomic mass is 79.9. The fraction of sp³-hybridized carbons (Fsp3) is 0.115. The summed E-state index contributed by atoms with van der Waals surface area (Å²) in [5.41, 5.74) is 1.55. The summed E-state index contributed by atoms with van der Waals surface area (Å²) >= 11 is 3.36. The van der Waals surface area contributed by atoms with E-state index >= 15 is 0 Å². The summed E-state index contributed by atoms with van der Waals surface area (Å²) in [5, 5.41) is 0.247. The van der Waals surface area contributed by atoms with Crippen molar-refractivity contribution in [2.45, 2.75) is 13.8 Å². The van der Waals surface area contributed by atoms with Gasteiger partial charge in [0.1, 0.15) is 11.3 Å². The molecule has 0 aliphatic heterocycles. The van der Waals surface area contributed by atoms with Crippen molar-refractivity contribution in [1.29, 1.82) is 0 Å². The van der Waals surface area contributed by atoms with Crippen LogP contribution in [0.4, 0.5) is 0 Å². The molecule has 0 saturated carbocycles. The zero-order chi connectivity index (χ0) is 23.5. The van der Waals surface area contributed by atoms with E-state index in [1.165, 1.54) is 18.2 Å². The quantitative estimate of drug-likeness (QED) is 0.246. The fourth-order valence-electron chi connectivity index (χ4n) is 3.42. The van der Waals surface area contributed by atoms with Crippen LogP contribution in [-0.4, -0.2) is 18.5 Å². The van der Waals surface area contributed by atoms with Crippen LogP contribution in [0.15, 0.2) is 80.4 Å². The van der Waals surface area contributed by atoms with E-state index in [0.29, 0.717) is 11.1 Å². The second kappa shape index (κ2) is 9.42. The Morgan fingerprint density at radius 3 is 2.39 bits per heavy atom. The molecule has 6 nitrogen and oxygen atoms in total. The number of halogens is 1. The summed E-state index contributed by atoms with van der Waals surface area (Å²) < 4.78 is 17.3. The van der Waals surface area contributed by atoms with Gasteiger partial charge in [-0.3, -0.25) is 4.79 Å². The minimum atomic E-state index is -0.753. The Balaban J connectivity index is 1.82. The first-order valence-corrected chi connectivity index (χ1v) is 11.0. The lowest BCUT2D eigenvalue weighted by Gasteiger charge is -2.11. The zero-order valence-corrected chi connectivity index (χ0v) is 19.5. The normalized spacial score (nSPS) is 10.8. The first-order chi connectivity index (χ1) is 15.9. The summed E-state index contributed by atoms with van der Waals surface area (Å²) in [7, 11) is 0. The Labute approximate surface area is 197 Å². The van der Waals surface area contributed by atoms with Crippen LogP contribution in [0.25, 0.3) is 22.1 Å². The third-order valence-electron chi connectivity index (χ3n) is 5.03. The van der Waals surface area contributed by atoms with Crippen LogP contribution in [-0.2, 0) is 4.74 Å². The van der Waals surface area contributed by atoms with E-state index in [-0.39, 0.29) is 34.6 Å². The lowest BCUT2D eigenvalue weighted by atomic mass is 10.0. The number of benzene rings is 3. The molecule has 0 spiro atoms. The lowest BCUT2D eigenvalue weighted by Crippen LogP contribution is -2.15. The third kappa shape index (κ3) is 4.59. The van der Waals surface area contributed by atoms with E-state index in [1.807, 2.05) is 19.1 Å². The van der Waals surface area contributed by atoms with E-state index in [2.05, 4.69) is 15.9 Å². The van der Waals surface area contributed by atoms with Crippen LogP contribution < -0.4 is 10.2 Å². The number of fused-ring (bicyclic) bond motifs is 1. The molecule has 0 amide bonds. The molecule has 3 aromatic carbocycles. The monoisotopic (exact) mass is 506 g/mol. The number of ether oxygens (including phenoxy) is 2. The molecule has 0 aliphatic rings. The maximum atomic E-state index is 13.4. The average molecular weight is 507 g/mol. The summed E-state index contributed by atoms with van der Waals surface area (Å²) in [6.07, 6.45) is 0. The van der Waals surface area contributed by atoms with Gasteiger partial charge in [0.25, 0.3) is 0 Å². The van der Waals surface area contributed by atoms with Crippen LogP contribution in [0.3, 0.4) is 0 Å². The molecular formula is C26H19BrO6. The smallest absolute Gasteiger partial charge is 0.375 e. The molecule has 0 fully saturated rings. The predicted octanol–water partition coefficient (Wildman–Crippen LogP) is 5.93. The molecule has 0 unspecified atom stereocenters. The van der Waals surface area contributed by atoms with Gasteiger partial charge >= 0.3 is 11.9 Å². The molecular weight excluding hydrogens is 488 g/mol. The first kappa shape index (κ1) is 22.5. The van der Waals surface area contributed by atoms with Crippen LogP contribution in [0.5, 0.6) is 5.75 Å². The standard InChI is InChI=1S/C26H19BrO6/c1-3-31-26(30)24-22(16-8-10-17(27)11-9-16)23(28)20-13-12-18(14-21(20)33-24)32-25(29)19-7-5-4-6-15(19)2/h4-14H,3H2,1-2H3. The summed E-state index contributed by atoms with van der Waals surface area (Å²) in [6, 6.07) is 18.5. The van der Waals surface area contributed by atoms with Crippen molar-refractivity contribution in [3.05, 3.63) is 98.3 Å². The van der Waals surface area contributed by atoms with Gasteiger partial charge in [-0.25, -0.2) is 9.59 Å². The second-order valence-electron chi connectivity index (χ2n) is 7.23. The van der Waals surface area contributed by atoms with E-state index < -0.39 is 17.4 Å². The summed E-state index contributed by atoms with van der Waals surface area (Å²) in [5.74, 6) is -1.31. The number of hydrogen-bond acceptors (Lipinski definition) is 6. The Morgan fingerprint density at radius 1 is 0.970 bits per heavy atom. The highest BCUT2D eigenvalue weighted by Crippen LogP contribution is 2.29. The SMILES string of the molecule is CCOC(=O)c1oc2cc(OC(=O)c3ccccc3C)ccc2c(=O)c1-c1ccc(Br)cc1. The number of rotatable bonds is 5. The highest BCUT2D eigenvalue weighted by molar-refractivity contribution is 9.10. The average Bonchev–Trinajstić information content (AvgIpc) is 2.80. The van der Waals surface area contributed by atoms with Crippen LogP contribution in [0.2, 0.25) is 0 Å². The Hall–Kier alpha value is -3.71. The number of carbonyl (C=O) groups is 2. The minimum absolute atomic E-state index is 0.109. The highest BCUT2D eigenvalue weighted by Gasteiger charge is 2.23. The predicted molar refractivity (Wildman–Crippen MR) is 128 cm³/mol. The second-order valence-corrected chi connectivity index (χ2v) is 8.14. The largest absolute Gasteiger partial charge is 0.460 e. The molecule has 0 bridgehead atoms. The molecule has 4 rings (SSSR count). The number of hydrogen-bond donors (Lipinski definition) is 0. The Bertz CT molecular complexity index is 1420. The molecule has 0 atom stereocenters. The van der Waals surface area contributed by atoms with Crippen LogP contribution >= 0.6 is 15.9 Å². The van der Waals surface area contributed by atoms with Crippen molar-refractivity contribution < 1.29 is 23.5 Å². The molecule has 1 heterocycles. The minimum Gasteiger partial charge on any atom is -0.460 e. The van der Waals surface area contributed by atoms with E-state index in [1.54, 1.807) is 43.3 Å². The van der Waals surface area contributed by atoms with Crippen molar-refractivity contribution in [2.75, 3.05) is 6.61 Å². The van der Waals surface area contributed by atoms with Gasteiger partial charge in [0.2, 0.25) is 11.2 Å². The van der Waals surface area contributed by atoms with Gasteiger partial charge in [-0.1, -0.05) is 46.3 Å². The molecule has 4 aromatic rings. The van der Waals surface area contributed by atoms with Gasteiger partial charge in [-0.15, -0.1) is 0 Å². The molecule has 0 saturated heterocycles. The van der Waals surface area contributed by atoms with Gasteiger partial charge in [0.05, 0.1) is 23.1 Å². The Kier molecular flexibility index (Phi) is 6.42. The van der Waals surface area contributed by atoms with Crippen molar-refractivity contribution >= 4 is 38.8 Å². The van der Waals surface area contributed by atoms with Crippen molar-refractivity contribution in [3.63, 3.8) is 0 Å². The van der Waals surface area contributed by atoms with Crippen molar-refractivity contribution in [3.8, 4) is 16.9 Å². The molecule has 1 aromatic heterocycles. The first-order valence-electron chi connectivity index (χ1n) is 10.2. The fourth-order valence-corrected chi connectivity index (χ4v) is 3.68. The molecule has 0 aliphatic carbocycles. The van der Waals surface area contributed by atoms with Gasteiger partial charge in [-0.05, 0) is 55.3 Å². The number of esters is 2. The van der Waals surface area contributed by atoms with E-state index in [0.717, 1.165) is 10.0 Å². The van der Waals surface area contributed by atoms with Crippen LogP contribution in [0.1, 0.15) is 33.4 Å². The lowest BCUT2D eigenvalue weighted by molar-refractivity contribution is 0.0491.